The second-order valence-corrected chi connectivity index (χ2v) is 6.71. The van der Waals surface area contributed by atoms with Gasteiger partial charge in [-0.05, 0) is 61.4 Å². The Balaban J connectivity index is 1.45. The highest BCUT2D eigenvalue weighted by molar-refractivity contribution is 6.06. The Morgan fingerprint density at radius 2 is 1.54 bits per heavy atom. The fraction of sp³-hybridized carbons (Fsp3) is 0.182. The molecule has 0 unspecified atom stereocenters. The molecule has 0 bridgehead atoms. The summed E-state index contributed by atoms with van der Waals surface area (Å²) < 4.78 is 5.08. The lowest BCUT2D eigenvalue weighted by molar-refractivity contribution is 0.0993. The van der Waals surface area contributed by atoms with Crippen LogP contribution in [0.3, 0.4) is 0 Å². The first-order valence-electron chi connectivity index (χ1n) is 9.30. The van der Waals surface area contributed by atoms with Crippen molar-refractivity contribution in [3.8, 4) is 0 Å². The standard InChI is InChI=1S/C22H21N3O3/c26-21(23-18-8-4-9-19(15-18)25-11-1-2-12-25)16-6-3-7-17(14-16)24-22(27)20-10-5-13-28-20/h3-10,13-15H,1-2,11-12H2,(H,23,26)(H,24,27). The van der Waals surface area contributed by atoms with Gasteiger partial charge in [-0.1, -0.05) is 12.1 Å². The van der Waals surface area contributed by atoms with Crippen LogP contribution in [0.5, 0.6) is 0 Å². The molecule has 2 N–H and O–H groups in total. The number of rotatable bonds is 5. The van der Waals surface area contributed by atoms with Gasteiger partial charge in [0.05, 0.1) is 6.26 Å². The number of nitrogens with one attached hydrogen (secondary N) is 2. The molecule has 1 aliphatic heterocycles. The minimum Gasteiger partial charge on any atom is -0.459 e. The third-order valence-electron chi connectivity index (χ3n) is 4.70. The fourth-order valence-electron chi connectivity index (χ4n) is 3.30. The molecule has 2 heterocycles. The van der Waals surface area contributed by atoms with E-state index in [4.69, 9.17) is 4.42 Å². The van der Waals surface area contributed by atoms with Crippen molar-refractivity contribution in [2.45, 2.75) is 12.8 Å². The molecule has 0 saturated carbocycles. The van der Waals surface area contributed by atoms with E-state index >= 15 is 0 Å². The van der Waals surface area contributed by atoms with Crippen molar-refractivity contribution in [2.75, 3.05) is 28.6 Å². The van der Waals surface area contributed by atoms with Crippen molar-refractivity contribution < 1.29 is 14.0 Å². The minimum absolute atomic E-state index is 0.216. The predicted molar refractivity (Wildman–Crippen MR) is 109 cm³/mol. The normalized spacial score (nSPS) is 13.4. The van der Waals surface area contributed by atoms with E-state index in [-0.39, 0.29) is 17.6 Å². The average Bonchev–Trinajstić information content (AvgIpc) is 3.42. The third kappa shape index (κ3) is 4.06. The molecule has 0 radical (unpaired) electrons. The number of benzene rings is 2. The number of carbonyl (C=O) groups is 2. The summed E-state index contributed by atoms with van der Waals surface area (Å²) >= 11 is 0. The maximum Gasteiger partial charge on any atom is 0.291 e. The Morgan fingerprint density at radius 3 is 2.29 bits per heavy atom. The summed E-state index contributed by atoms with van der Waals surface area (Å²) in [5.41, 5.74) is 2.86. The highest BCUT2D eigenvalue weighted by Crippen LogP contribution is 2.24. The molecule has 6 heteroatoms. The second-order valence-electron chi connectivity index (χ2n) is 6.71. The van der Waals surface area contributed by atoms with Crippen LogP contribution in [0, 0.1) is 0 Å². The largest absolute Gasteiger partial charge is 0.459 e. The molecule has 28 heavy (non-hydrogen) atoms. The molecule has 0 atom stereocenters. The van der Waals surface area contributed by atoms with Gasteiger partial charge in [0.25, 0.3) is 11.8 Å². The van der Waals surface area contributed by atoms with Crippen molar-refractivity contribution >= 4 is 28.9 Å². The summed E-state index contributed by atoms with van der Waals surface area (Å²) in [5, 5.41) is 5.66. The highest BCUT2D eigenvalue weighted by Gasteiger charge is 2.14. The monoisotopic (exact) mass is 375 g/mol. The van der Waals surface area contributed by atoms with E-state index in [1.807, 2.05) is 18.2 Å². The van der Waals surface area contributed by atoms with E-state index in [0.717, 1.165) is 24.5 Å². The highest BCUT2D eigenvalue weighted by atomic mass is 16.3. The topological polar surface area (TPSA) is 74.6 Å². The van der Waals surface area contributed by atoms with Gasteiger partial charge in [-0.3, -0.25) is 9.59 Å². The zero-order valence-electron chi connectivity index (χ0n) is 15.4. The van der Waals surface area contributed by atoms with Crippen LogP contribution >= 0.6 is 0 Å². The lowest BCUT2D eigenvalue weighted by atomic mass is 10.1. The van der Waals surface area contributed by atoms with Gasteiger partial charge in [-0.15, -0.1) is 0 Å². The summed E-state index contributed by atoms with van der Waals surface area (Å²) in [6.45, 7) is 2.10. The molecule has 0 spiro atoms. The van der Waals surface area contributed by atoms with Crippen molar-refractivity contribution in [3.63, 3.8) is 0 Å². The summed E-state index contributed by atoms with van der Waals surface area (Å²) in [4.78, 5) is 27.1. The van der Waals surface area contributed by atoms with Crippen LogP contribution in [-0.2, 0) is 0 Å². The SMILES string of the molecule is O=C(Nc1cccc(N2CCCC2)c1)c1cccc(NC(=O)c2ccco2)c1. The number of furan rings is 1. The van der Waals surface area contributed by atoms with Gasteiger partial charge in [0.2, 0.25) is 0 Å². The number of nitrogens with zero attached hydrogens (tertiary/aromatic N) is 1. The molecule has 1 saturated heterocycles. The first-order valence-corrected chi connectivity index (χ1v) is 9.30. The Bertz CT molecular complexity index is 976. The molecule has 142 valence electrons. The molecule has 1 aromatic heterocycles. The molecule has 2 aromatic carbocycles. The van der Waals surface area contributed by atoms with E-state index < -0.39 is 0 Å². The van der Waals surface area contributed by atoms with E-state index in [1.165, 1.54) is 19.1 Å². The van der Waals surface area contributed by atoms with Crippen LogP contribution < -0.4 is 15.5 Å². The molecule has 1 aliphatic rings. The number of carbonyl (C=O) groups excluding carboxylic acids is 2. The smallest absolute Gasteiger partial charge is 0.291 e. The molecule has 3 aromatic rings. The number of amides is 2. The molecule has 6 nitrogen and oxygen atoms in total. The van der Waals surface area contributed by atoms with Crippen molar-refractivity contribution in [3.05, 3.63) is 78.3 Å². The lowest BCUT2D eigenvalue weighted by Crippen LogP contribution is -2.18. The first-order chi connectivity index (χ1) is 13.7. The molecular weight excluding hydrogens is 354 g/mol. The van der Waals surface area contributed by atoms with Crippen molar-refractivity contribution in [1.82, 2.24) is 0 Å². The Morgan fingerprint density at radius 1 is 0.821 bits per heavy atom. The van der Waals surface area contributed by atoms with Crippen molar-refractivity contribution in [2.24, 2.45) is 0 Å². The van der Waals surface area contributed by atoms with E-state index in [1.54, 1.807) is 36.4 Å². The zero-order chi connectivity index (χ0) is 19.3. The summed E-state index contributed by atoms with van der Waals surface area (Å²) in [6.07, 6.45) is 3.84. The van der Waals surface area contributed by atoms with E-state index in [9.17, 15) is 9.59 Å². The second kappa shape index (κ2) is 8.00. The van der Waals surface area contributed by atoms with Crippen LogP contribution in [0.15, 0.2) is 71.3 Å². The zero-order valence-corrected chi connectivity index (χ0v) is 15.4. The van der Waals surface area contributed by atoms with Gasteiger partial charge >= 0.3 is 0 Å². The fourth-order valence-corrected chi connectivity index (χ4v) is 3.30. The summed E-state index contributed by atoms with van der Waals surface area (Å²) in [7, 11) is 0. The van der Waals surface area contributed by atoms with Gasteiger partial charge in [0.15, 0.2) is 5.76 Å². The van der Waals surface area contributed by atoms with Gasteiger partial charge in [0.1, 0.15) is 0 Å². The number of anilines is 3. The maximum absolute atomic E-state index is 12.7. The van der Waals surface area contributed by atoms with Crippen LogP contribution in [0.2, 0.25) is 0 Å². The van der Waals surface area contributed by atoms with Gasteiger partial charge in [-0.2, -0.15) is 0 Å². The van der Waals surface area contributed by atoms with Crippen LogP contribution in [0.1, 0.15) is 33.8 Å². The van der Waals surface area contributed by atoms with E-state index in [0.29, 0.717) is 11.3 Å². The molecule has 1 fully saturated rings. The minimum atomic E-state index is -0.360. The first kappa shape index (κ1) is 17.9. The molecule has 0 aliphatic carbocycles. The Hall–Kier alpha value is -3.54. The van der Waals surface area contributed by atoms with Crippen LogP contribution in [0.25, 0.3) is 0 Å². The average molecular weight is 375 g/mol. The van der Waals surface area contributed by atoms with Crippen LogP contribution in [-0.4, -0.2) is 24.9 Å². The van der Waals surface area contributed by atoms with E-state index in [2.05, 4.69) is 21.6 Å². The third-order valence-corrected chi connectivity index (χ3v) is 4.70. The molecular formula is C22H21N3O3. The maximum atomic E-state index is 12.7. The van der Waals surface area contributed by atoms with Gasteiger partial charge in [0, 0.05) is 35.7 Å². The quantitative estimate of drug-likeness (QED) is 0.694. The predicted octanol–water partition coefficient (Wildman–Crippen LogP) is 4.38. The Kier molecular flexibility index (Phi) is 5.10. The number of hydrogen-bond acceptors (Lipinski definition) is 4. The van der Waals surface area contributed by atoms with Gasteiger partial charge in [-0.25, -0.2) is 0 Å². The lowest BCUT2D eigenvalue weighted by Gasteiger charge is -2.18. The summed E-state index contributed by atoms with van der Waals surface area (Å²) in [6, 6.07) is 17.9. The summed E-state index contributed by atoms with van der Waals surface area (Å²) in [5.74, 6) is -0.373. The molecule has 4 rings (SSSR count). The van der Waals surface area contributed by atoms with Crippen LogP contribution in [0.4, 0.5) is 17.1 Å². The van der Waals surface area contributed by atoms with Gasteiger partial charge < -0.3 is 20.0 Å². The molecule has 2 amide bonds. The van der Waals surface area contributed by atoms with Crippen molar-refractivity contribution in [1.29, 1.82) is 0 Å². The number of hydrogen-bond donors (Lipinski definition) is 2. The Labute approximate surface area is 163 Å².